The summed E-state index contributed by atoms with van der Waals surface area (Å²) in [6.45, 7) is 2.38. The zero-order valence-electron chi connectivity index (χ0n) is 12.8. The Hall–Kier alpha value is -1.56. The van der Waals surface area contributed by atoms with E-state index in [9.17, 15) is 9.59 Å². The second kappa shape index (κ2) is 10.2. The molecule has 1 aromatic rings. The summed E-state index contributed by atoms with van der Waals surface area (Å²) in [4.78, 5) is 22.4. The van der Waals surface area contributed by atoms with Crippen LogP contribution in [0.15, 0.2) is 24.3 Å². The van der Waals surface area contributed by atoms with E-state index in [2.05, 4.69) is 20.7 Å². The number of carbonyl (C=O) groups excluding carboxylic acids is 2. The minimum Gasteiger partial charge on any atom is -0.482 e. The van der Waals surface area contributed by atoms with Crippen LogP contribution in [0.5, 0.6) is 5.75 Å². The van der Waals surface area contributed by atoms with Crippen LogP contribution in [-0.4, -0.2) is 37.1 Å². The van der Waals surface area contributed by atoms with Crippen molar-refractivity contribution in [2.75, 3.05) is 20.3 Å². The quantitative estimate of drug-likeness (QED) is 0.378. The first kappa shape index (κ1) is 18.5. The molecule has 0 amide bonds. The Bertz CT molecular complexity index is 472. The fourth-order valence-electron chi connectivity index (χ4n) is 1.62. The number of methoxy groups -OCH3 is 1. The highest BCUT2D eigenvalue weighted by molar-refractivity contribution is 9.10. The summed E-state index contributed by atoms with van der Waals surface area (Å²) in [7, 11) is 1.31. The largest absolute Gasteiger partial charge is 0.482 e. The number of hydrogen-bond acceptors (Lipinski definition) is 5. The SMILES string of the molecule is CCCCOC(=O)C(Br)Cc1ccc(OCC(=O)OC)cc1. The molecule has 22 heavy (non-hydrogen) atoms. The fraction of sp³-hybridized carbons (Fsp3) is 0.500. The van der Waals surface area contributed by atoms with E-state index in [0.717, 1.165) is 18.4 Å². The zero-order valence-corrected chi connectivity index (χ0v) is 14.4. The normalized spacial score (nSPS) is 11.6. The van der Waals surface area contributed by atoms with E-state index in [1.807, 2.05) is 19.1 Å². The van der Waals surface area contributed by atoms with Crippen molar-refractivity contribution in [3.8, 4) is 5.75 Å². The van der Waals surface area contributed by atoms with Crippen molar-refractivity contribution in [3.63, 3.8) is 0 Å². The van der Waals surface area contributed by atoms with E-state index in [1.165, 1.54) is 7.11 Å². The highest BCUT2D eigenvalue weighted by Crippen LogP contribution is 2.16. The summed E-state index contributed by atoms with van der Waals surface area (Å²) in [6, 6.07) is 7.20. The van der Waals surface area contributed by atoms with E-state index < -0.39 is 5.97 Å². The lowest BCUT2D eigenvalue weighted by Gasteiger charge is -2.10. The van der Waals surface area contributed by atoms with Gasteiger partial charge in [0.05, 0.1) is 13.7 Å². The first-order chi connectivity index (χ1) is 10.6. The number of alkyl halides is 1. The van der Waals surface area contributed by atoms with E-state index in [-0.39, 0.29) is 17.4 Å². The Balaban J connectivity index is 2.42. The predicted octanol–water partition coefficient (Wildman–Crippen LogP) is 2.89. The van der Waals surface area contributed by atoms with E-state index in [0.29, 0.717) is 18.8 Å². The van der Waals surface area contributed by atoms with Gasteiger partial charge in [-0.15, -0.1) is 0 Å². The third-order valence-corrected chi connectivity index (χ3v) is 3.62. The van der Waals surface area contributed by atoms with E-state index in [4.69, 9.17) is 9.47 Å². The second-order valence-corrected chi connectivity index (χ2v) is 5.81. The minimum atomic E-state index is -0.431. The summed E-state index contributed by atoms with van der Waals surface area (Å²) < 4.78 is 14.9. The average Bonchev–Trinajstić information content (AvgIpc) is 2.53. The van der Waals surface area contributed by atoms with Gasteiger partial charge in [-0.25, -0.2) is 4.79 Å². The number of hydrogen-bond donors (Lipinski definition) is 0. The molecule has 6 heteroatoms. The maximum Gasteiger partial charge on any atom is 0.343 e. The third kappa shape index (κ3) is 6.93. The van der Waals surface area contributed by atoms with Gasteiger partial charge in [-0.1, -0.05) is 41.4 Å². The Morgan fingerprint density at radius 1 is 1.23 bits per heavy atom. The van der Waals surface area contributed by atoms with Crippen LogP contribution in [0.4, 0.5) is 0 Å². The minimum absolute atomic E-state index is 0.124. The molecule has 1 atom stereocenters. The van der Waals surface area contributed by atoms with Gasteiger partial charge < -0.3 is 14.2 Å². The van der Waals surface area contributed by atoms with Gasteiger partial charge in [0.25, 0.3) is 0 Å². The van der Waals surface area contributed by atoms with Gasteiger partial charge in [-0.05, 0) is 30.5 Å². The van der Waals surface area contributed by atoms with Crippen LogP contribution >= 0.6 is 15.9 Å². The van der Waals surface area contributed by atoms with Gasteiger partial charge >= 0.3 is 11.9 Å². The molecular weight excluding hydrogens is 352 g/mol. The van der Waals surface area contributed by atoms with Crippen LogP contribution in [-0.2, 0) is 25.5 Å². The average molecular weight is 373 g/mol. The van der Waals surface area contributed by atoms with Crippen LogP contribution < -0.4 is 4.74 Å². The summed E-state index contributed by atoms with van der Waals surface area (Å²) in [5.74, 6) is -0.107. The molecule has 5 nitrogen and oxygen atoms in total. The molecular formula is C16H21BrO5. The number of carbonyl (C=O) groups is 2. The first-order valence-corrected chi connectivity index (χ1v) is 8.07. The molecule has 0 fully saturated rings. The predicted molar refractivity (Wildman–Crippen MR) is 86.2 cm³/mol. The highest BCUT2D eigenvalue weighted by Gasteiger charge is 2.16. The van der Waals surface area contributed by atoms with Gasteiger partial charge in [-0.2, -0.15) is 0 Å². The van der Waals surface area contributed by atoms with Crippen LogP contribution in [0.1, 0.15) is 25.3 Å². The summed E-state index contributed by atoms with van der Waals surface area (Å²) in [5.41, 5.74) is 0.972. The Morgan fingerprint density at radius 3 is 2.50 bits per heavy atom. The zero-order chi connectivity index (χ0) is 16.4. The Morgan fingerprint density at radius 2 is 1.91 bits per heavy atom. The van der Waals surface area contributed by atoms with Crippen molar-refractivity contribution < 1.29 is 23.8 Å². The lowest BCUT2D eigenvalue weighted by molar-refractivity contribution is -0.143. The second-order valence-electron chi connectivity index (χ2n) is 4.70. The highest BCUT2D eigenvalue weighted by atomic mass is 79.9. The van der Waals surface area contributed by atoms with Crippen LogP contribution in [0.25, 0.3) is 0 Å². The molecule has 1 rings (SSSR count). The van der Waals surface area contributed by atoms with Gasteiger partial charge in [-0.3, -0.25) is 4.79 Å². The van der Waals surface area contributed by atoms with E-state index >= 15 is 0 Å². The molecule has 0 heterocycles. The Labute approximate surface area is 139 Å². The molecule has 0 spiro atoms. The monoisotopic (exact) mass is 372 g/mol. The van der Waals surface area contributed by atoms with Crippen molar-refractivity contribution in [1.82, 2.24) is 0 Å². The smallest absolute Gasteiger partial charge is 0.343 e. The molecule has 0 aromatic heterocycles. The molecule has 1 aromatic carbocycles. The lowest BCUT2D eigenvalue weighted by atomic mass is 10.1. The first-order valence-electron chi connectivity index (χ1n) is 7.16. The Kier molecular flexibility index (Phi) is 8.58. The maximum absolute atomic E-state index is 11.8. The van der Waals surface area contributed by atoms with Gasteiger partial charge in [0.15, 0.2) is 6.61 Å². The number of benzene rings is 1. The van der Waals surface area contributed by atoms with Crippen molar-refractivity contribution in [3.05, 3.63) is 29.8 Å². The fourth-order valence-corrected chi connectivity index (χ4v) is 2.13. The molecule has 0 saturated heterocycles. The number of rotatable bonds is 9. The number of esters is 2. The topological polar surface area (TPSA) is 61.8 Å². The van der Waals surface area contributed by atoms with Crippen molar-refractivity contribution >= 4 is 27.9 Å². The summed E-state index contributed by atoms with van der Waals surface area (Å²) in [5, 5.41) is 0. The molecule has 0 aliphatic carbocycles. The van der Waals surface area contributed by atoms with Crippen molar-refractivity contribution in [2.24, 2.45) is 0 Å². The molecule has 0 bridgehead atoms. The van der Waals surface area contributed by atoms with Gasteiger partial charge in [0.2, 0.25) is 0 Å². The molecule has 0 aliphatic heterocycles. The number of halogens is 1. The molecule has 0 aliphatic rings. The van der Waals surface area contributed by atoms with Crippen molar-refractivity contribution in [2.45, 2.75) is 31.0 Å². The molecule has 122 valence electrons. The van der Waals surface area contributed by atoms with Crippen LogP contribution in [0.2, 0.25) is 0 Å². The molecule has 1 unspecified atom stereocenters. The summed E-state index contributed by atoms with van der Waals surface area (Å²) in [6.07, 6.45) is 2.40. The maximum atomic E-state index is 11.8. The standard InChI is InChI=1S/C16H21BrO5/c1-3-4-9-21-16(19)14(17)10-12-5-7-13(8-6-12)22-11-15(18)20-2/h5-8,14H,3-4,9-11H2,1-2H3. The van der Waals surface area contributed by atoms with Gasteiger partial charge in [0.1, 0.15) is 10.6 Å². The van der Waals surface area contributed by atoms with Crippen LogP contribution in [0, 0.1) is 0 Å². The molecule has 0 saturated carbocycles. The number of ether oxygens (including phenoxy) is 3. The van der Waals surface area contributed by atoms with Crippen molar-refractivity contribution in [1.29, 1.82) is 0 Å². The lowest BCUT2D eigenvalue weighted by Crippen LogP contribution is -2.20. The number of unbranched alkanes of at least 4 members (excludes halogenated alkanes) is 1. The van der Waals surface area contributed by atoms with Gasteiger partial charge in [0, 0.05) is 0 Å². The molecule has 0 N–H and O–H groups in total. The summed E-state index contributed by atoms with van der Waals surface area (Å²) >= 11 is 3.34. The molecule has 0 radical (unpaired) electrons. The van der Waals surface area contributed by atoms with E-state index in [1.54, 1.807) is 12.1 Å². The third-order valence-electron chi connectivity index (χ3n) is 2.92. The van der Waals surface area contributed by atoms with Crippen LogP contribution in [0.3, 0.4) is 0 Å².